The monoisotopic (exact) mass is 258 g/mol. The van der Waals surface area contributed by atoms with Crippen molar-refractivity contribution in [3.8, 4) is 0 Å². The summed E-state index contributed by atoms with van der Waals surface area (Å²) in [6.07, 6.45) is 0. The van der Waals surface area contributed by atoms with Crippen molar-refractivity contribution in [1.82, 2.24) is 0 Å². The summed E-state index contributed by atoms with van der Waals surface area (Å²) in [5, 5.41) is 8.65. The van der Waals surface area contributed by atoms with Gasteiger partial charge in [0.15, 0.2) is 5.78 Å². The van der Waals surface area contributed by atoms with Gasteiger partial charge in [0.25, 0.3) is 0 Å². The van der Waals surface area contributed by atoms with Crippen molar-refractivity contribution in [1.29, 1.82) is 0 Å². The smallest absolute Gasteiger partial charge is 0.316 e. The third-order valence-electron chi connectivity index (χ3n) is 1.98. The first-order valence-corrected chi connectivity index (χ1v) is 6.06. The van der Waals surface area contributed by atoms with Gasteiger partial charge in [0.1, 0.15) is 0 Å². The van der Waals surface area contributed by atoms with Gasteiger partial charge in [0, 0.05) is 10.6 Å². The van der Waals surface area contributed by atoms with Gasteiger partial charge in [-0.2, -0.15) is 0 Å². The van der Waals surface area contributed by atoms with Crippen LogP contribution in [-0.2, 0) is 4.79 Å². The van der Waals surface area contributed by atoms with Crippen LogP contribution in [0.4, 0.5) is 0 Å². The Bertz CT molecular complexity index is 389. The Morgan fingerprint density at radius 1 is 1.38 bits per heavy atom. The van der Waals surface area contributed by atoms with Crippen LogP contribution in [-0.4, -0.2) is 27.9 Å². The molecule has 0 spiro atoms. The molecule has 0 saturated carbocycles. The highest BCUT2D eigenvalue weighted by molar-refractivity contribution is 8.01. The molecule has 0 heterocycles. The van der Waals surface area contributed by atoms with Gasteiger partial charge in [0.2, 0.25) is 0 Å². The average Bonchev–Trinajstić information content (AvgIpc) is 2.26. The number of carboxylic acids is 1. The van der Waals surface area contributed by atoms with Crippen molar-refractivity contribution in [2.45, 2.75) is 12.2 Å². The molecule has 0 aromatic heterocycles. The molecule has 0 aliphatic heterocycles. The van der Waals surface area contributed by atoms with E-state index in [9.17, 15) is 9.59 Å². The number of carbonyl (C=O) groups excluding carboxylic acids is 1. The molecule has 0 amide bonds. The van der Waals surface area contributed by atoms with Gasteiger partial charge in [-0.1, -0.05) is 11.6 Å². The van der Waals surface area contributed by atoms with Crippen LogP contribution >= 0.6 is 23.4 Å². The molecule has 1 aromatic carbocycles. The molecular formula is C11H11ClO3S. The Morgan fingerprint density at radius 2 is 1.94 bits per heavy atom. The van der Waals surface area contributed by atoms with Gasteiger partial charge in [-0.25, -0.2) is 0 Å². The lowest BCUT2D eigenvalue weighted by atomic mass is 10.1. The Labute approximate surface area is 103 Å². The first kappa shape index (κ1) is 13.1. The summed E-state index contributed by atoms with van der Waals surface area (Å²) in [5.74, 6) is -0.835. The summed E-state index contributed by atoms with van der Waals surface area (Å²) < 4.78 is 0. The topological polar surface area (TPSA) is 54.4 Å². The first-order valence-electron chi connectivity index (χ1n) is 4.64. The molecule has 1 N–H and O–H groups in total. The van der Waals surface area contributed by atoms with Gasteiger partial charge < -0.3 is 5.11 Å². The van der Waals surface area contributed by atoms with Crippen LogP contribution in [0.3, 0.4) is 0 Å². The lowest BCUT2D eigenvalue weighted by Gasteiger charge is -2.05. The van der Waals surface area contributed by atoms with Crippen LogP contribution in [0, 0.1) is 0 Å². The summed E-state index contributed by atoms with van der Waals surface area (Å²) in [6, 6.07) is 6.55. The van der Waals surface area contributed by atoms with E-state index >= 15 is 0 Å². The fraction of sp³-hybridized carbons (Fsp3) is 0.273. The van der Waals surface area contributed by atoms with Gasteiger partial charge in [-0.15, -0.1) is 11.8 Å². The van der Waals surface area contributed by atoms with Crippen molar-refractivity contribution < 1.29 is 14.7 Å². The standard InChI is InChI=1S/C11H11ClO3S/c1-7(11(14)15)16-6-10(13)8-2-4-9(12)5-3-8/h2-5,7H,6H2,1H3,(H,14,15)/t7-/m1/s1. The average molecular weight is 259 g/mol. The molecule has 0 saturated heterocycles. The fourth-order valence-electron chi connectivity index (χ4n) is 0.991. The number of Topliss-reactive ketones (excluding diaryl/α,β-unsaturated/α-hetero) is 1. The number of rotatable bonds is 5. The van der Waals surface area contributed by atoms with Crippen LogP contribution in [0.25, 0.3) is 0 Å². The maximum absolute atomic E-state index is 11.6. The van der Waals surface area contributed by atoms with Crippen LogP contribution in [0.1, 0.15) is 17.3 Å². The zero-order chi connectivity index (χ0) is 12.1. The summed E-state index contributed by atoms with van der Waals surface area (Å²) in [5.41, 5.74) is 0.550. The molecule has 1 rings (SSSR count). The predicted molar refractivity (Wildman–Crippen MR) is 65.3 cm³/mol. The highest BCUT2D eigenvalue weighted by Crippen LogP contribution is 2.15. The molecule has 1 aromatic rings. The molecule has 16 heavy (non-hydrogen) atoms. The zero-order valence-corrected chi connectivity index (χ0v) is 10.2. The second-order valence-corrected chi connectivity index (χ2v) is 4.99. The number of hydrogen-bond donors (Lipinski definition) is 1. The molecule has 0 unspecified atom stereocenters. The minimum Gasteiger partial charge on any atom is -0.480 e. The van der Waals surface area contributed by atoms with E-state index in [1.165, 1.54) is 0 Å². The third-order valence-corrected chi connectivity index (χ3v) is 3.36. The van der Waals surface area contributed by atoms with Crippen molar-refractivity contribution >= 4 is 35.1 Å². The molecule has 3 nitrogen and oxygen atoms in total. The van der Waals surface area contributed by atoms with Crippen molar-refractivity contribution in [3.63, 3.8) is 0 Å². The molecule has 0 fully saturated rings. The number of carboxylic acid groups (broad SMARTS) is 1. The maximum atomic E-state index is 11.6. The van der Waals surface area contributed by atoms with E-state index in [0.29, 0.717) is 10.6 Å². The summed E-state index contributed by atoms with van der Waals surface area (Å²) >= 11 is 6.80. The van der Waals surface area contributed by atoms with Crippen molar-refractivity contribution in [2.75, 3.05) is 5.75 Å². The number of thioether (sulfide) groups is 1. The molecule has 5 heteroatoms. The van der Waals surface area contributed by atoms with E-state index in [2.05, 4.69) is 0 Å². The Morgan fingerprint density at radius 3 is 2.44 bits per heavy atom. The summed E-state index contributed by atoms with van der Waals surface area (Å²) in [4.78, 5) is 22.2. The SMILES string of the molecule is C[C@@H](SCC(=O)c1ccc(Cl)cc1)C(=O)O. The van der Waals surface area contributed by atoms with Gasteiger partial charge in [-0.05, 0) is 31.2 Å². The highest BCUT2D eigenvalue weighted by Gasteiger charge is 2.14. The zero-order valence-electron chi connectivity index (χ0n) is 8.64. The largest absolute Gasteiger partial charge is 0.480 e. The van der Waals surface area contributed by atoms with Crippen molar-refractivity contribution in [2.24, 2.45) is 0 Å². The lowest BCUT2D eigenvalue weighted by Crippen LogP contribution is -2.14. The Balaban J connectivity index is 2.53. The maximum Gasteiger partial charge on any atom is 0.316 e. The van der Waals surface area contributed by atoms with Gasteiger partial charge >= 0.3 is 5.97 Å². The molecular weight excluding hydrogens is 248 g/mol. The van der Waals surface area contributed by atoms with Crippen molar-refractivity contribution in [3.05, 3.63) is 34.9 Å². The number of aliphatic carboxylic acids is 1. The van der Waals surface area contributed by atoms with Crippen LogP contribution in [0.5, 0.6) is 0 Å². The third kappa shape index (κ3) is 3.87. The minimum absolute atomic E-state index is 0.0882. The summed E-state index contributed by atoms with van der Waals surface area (Å²) in [7, 11) is 0. The van der Waals surface area contributed by atoms with E-state index in [-0.39, 0.29) is 11.5 Å². The fourth-order valence-corrected chi connectivity index (χ4v) is 1.83. The number of halogens is 1. The summed E-state index contributed by atoms with van der Waals surface area (Å²) in [6.45, 7) is 1.56. The number of carbonyl (C=O) groups is 2. The molecule has 0 aliphatic carbocycles. The Hall–Kier alpha value is -1.00. The number of benzene rings is 1. The van der Waals surface area contributed by atoms with Gasteiger partial charge in [-0.3, -0.25) is 9.59 Å². The highest BCUT2D eigenvalue weighted by atomic mass is 35.5. The van der Waals surface area contributed by atoms with Crippen LogP contribution in [0.2, 0.25) is 5.02 Å². The van der Waals surface area contributed by atoms with Crippen LogP contribution < -0.4 is 0 Å². The van der Waals surface area contributed by atoms with E-state index < -0.39 is 11.2 Å². The molecule has 1 atom stereocenters. The quantitative estimate of drug-likeness (QED) is 0.825. The lowest BCUT2D eigenvalue weighted by molar-refractivity contribution is -0.136. The molecule has 86 valence electrons. The van der Waals surface area contributed by atoms with Crippen LogP contribution in [0.15, 0.2) is 24.3 Å². The normalized spacial score (nSPS) is 12.1. The first-order chi connectivity index (χ1) is 7.50. The second kappa shape index (κ2) is 5.92. The molecule has 0 radical (unpaired) electrons. The number of ketones is 1. The minimum atomic E-state index is -0.908. The van der Waals surface area contributed by atoms with E-state index in [4.69, 9.17) is 16.7 Å². The predicted octanol–water partition coefficient (Wildman–Crippen LogP) is 2.73. The van der Waals surface area contributed by atoms with E-state index in [1.54, 1.807) is 31.2 Å². The number of hydrogen-bond acceptors (Lipinski definition) is 3. The van der Waals surface area contributed by atoms with E-state index in [1.807, 2.05) is 0 Å². The second-order valence-electron chi connectivity index (χ2n) is 3.22. The Kier molecular flexibility index (Phi) is 4.83. The van der Waals surface area contributed by atoms with E-state index in [0.717, 1.165) is 11.8 Å². The molecule has 0 aliphatic rings. The molecule has 0 bridgehead atoms. The van der Waals surface area contributed by atoms with Gasteiger partial charge in [0.05, 0.1) is 11.0 Å².